The van der Waals surface area contributed by atoms with Crippen LogP contribution in [0.25, 0.3) is 0 Å². The lowest BCUT2D eigenvalue weighted by Gasteiger charge is -2.32. The molecule has 1 N–H and O–H groups in total. The highest BCUT2D eigenvalue weighted by Gasteiger charge is 2.23. The number of piperidine rings is 1. The fourth-order valence-corrected chi connectivity index (χ4v) is 4.85. The fraction of sp³-hybridized carbons (Fsp3) is 0.632. The van der Waals surface area contributed by atoms with E-state index in [2.05, 4.69) is 5.32 Å². The second kappa shape index (κ2) is 11.0. The van der Waals surface area contributed by atoms with Crippen LogP contribution < -0.4 is 5.32 Å². The summed E-state index contributed by atoms with van der Waals surface area (Å²) in [5.41, 5.74) is 0.985. The molecule has 2 rings (SSSR count). The molecule has 0 bridgehead atoms. The van der Waals surface area contributed by atoms with Crippen LogP contribution in [-0.4, -0.2) is 62.8 Å². The van der Waals surface area contributed by atoms with Gasteiger partial charge in [0.25, 0.3) is 0 Å². The number of nitrogens with one attached hydrogen (secondary N) is 1. The number of hydrogen-bond donors (Lipinski definition) is 1. The Bertz CT molecular complexity index is 691. The number of nitrogens with zero attached hydrogens (tertiary/aromatic N) is 2. The van der Waals surface area contributed by atoms with Crippen molar-refractivity contribution in [2.75, 3.05) is 33.2 Å². The van der Waals surface area contributed by atoms with Gasteiger partial charge in [-0.15, -0.1) is 12.4 Å². The molecule has 1 aromatic rings. The summed E-state index contributed by atoms with van der Waals surface area (Å²) in [5, 5.41) is 3.25. The van der Waals surface area contributed by atoms with Crippen LogP contribution in [0.2, 0.25) is 0 Å². The number of amides is 1. The van der Waals surface area contributed by atoms with Crippen LogP contribution in [0.5, 0.6) is 0 Å². The van der Waals surface area contributed by atoms with E-state index in [1.807, 2.05) is 37.9 Å². The highest BCUT2D eigenvalue weighted by molar-refractivity contribution is 7.89. The van der Waals surface area contributed by atoms with Gasteiger partial charge >= 0.3 is 0 Å². The third-order valence-corrected chi connectivity index (χ3v) is 7.14. The van der Waals surface area contributed by atoms with Gasteiger partial charge in [-0.25, -0.2) is 8.42 Å². The van der Waals surface area contributed by atoms with Crippen molar-refractivity contribution in [1.29, 1.82) is 0 Å². The maximum absolute atomic E-state index is 12.5. The molecule has 1 atom stereocenters. The Hall–Kier alpha value is -1.15. The molecule has 154 valence electrons. The van der Waals surface area contributed by atoms with Crippen molar-refractivity contribution in [3.63, 3.8) is 0 Å². The largest absolute Gasteiger partial charge is 0.341 e. The van der Waals surface area contributed by atoms with Crippen molar-refractivity contribution in [2.24, 2.45) is 0 Å². The number of likely N-dealkylation sites (tertiary alicyclic amines) is 1. The van der Waals surface area contributed by atoms with Crippen LogP contribution in [0.1, 0.15) is 38.7 Å². The number of sulfonamides is 1. The molecule has 0 aliphatic carbocycles. The van der Waals surface area contributed by atoms with Crippen LogP contribution in [0, 0.1) is 0 Å². The van der Waals surface area contributed by atoms with E-state index in [0.29, 0.717) is 36.9 Å². The fourth-order valence-electron chi connectivity index (χ4n) is 3.39. The van der Waals surface area contributed by atoms with E-state index in [9.17, 15) is 13.2 Å². The Morgan fingerprint density at radius 1 is 1.22 bits per heavy atom. The average molecular weight is 418 g/mol. The molecule has 0 radical (unpaired) electrons. The predicted octanol–water partition coefficient (Wildman–Crippen LogP) is 2.28. The summed E-state index contributed by atoms with van der Waals surface area (Å²) in [6.45, 7) is 6.19. The quantitative estimate of drug-likeness (QED) is 0.704. The minimum absolute atomic E-state index is 0. The lowest BCUT2D eigenvalue weighted by molar-refractivity contribution is -0.132. The second-order valence-corrected chi connectivity index (χ2v) is 8.64. The van der Waals surface area contributed by atoms with Crippen LogP contribution in [0.15, 0.2) is 29.2 Å². The number of likely N-dealkylation sites (N-methyl/N-ethyl adjacent to an activating group) is 1. The molecule has 0 spiro atoms. The van der Waals surface area contributed by atoms with Gasteiger partial charge in [0.05, 0.1) is 4.90 Å². The van der Waals surface area contributed by atoms with Gasteiger partial charge in [0.15, 0.2) is 0 Å². The minimum Gasteiger partial charge on any atom is -0.341 e. The van der Waals surface area contributed by atoms with Gasteiger partial charge in [0.2, 0.25) is 15.9 Å². The minimum atomic E-state index is -3.42. The highest BCUT2D eigenvalue weighted by Crippen LogP contribution is 2.17. The first-order chi connectivity index (χ1) is 12.4. The van der Waals surface area contributed by atoms with Gasteiger partial charge < -0.3 is 10.2 Å². The number of carbonyl (C=O) groups is 1. The van der Waals surface area contributed by atoms with Gasteiger partial charge in [-0.3, -0.25) is 4.79 Å². The Kier molecular flexibility index (Phi) is 9.73. The molecule has 6 nitrogen and oxygen atoms in total. The van der Waals surface area contributed by atoms with Crippen molar-refractivity contribution in [1.82, 2.24) is 14.5 Å². The van der Waals surface area contributed by atoms with Gasteiger partial charge in [-0.2, -0.15) is 4.31 Å². The topological polar surface area (TPSA) is 69.7 Å². The van der Waals surface area contributed by atoms with Crippen LogP contribution in [0.4, 0.5) is 0 Å². The van der Waals surface area contributed by atoms with Crippen LogP contribution in [-0.2, 0) is 21.2 Å². The van der Waals surface area contributed by atoms with Crippen molar-refractivity contribution in [3.8, 4) is 0 Å². The van der Waals surface area contributed by atoms with Crippen LogP contribution >= 0.6 is 12.4 Å². The van der Waals surface area contributed by atoms with E-state index >= 15 is 0 Å². The molecule has 1 saturated heterocycles. The molecule has 0 aromatic heterocycles. The summed E-state index contributed by atoms with van der Waals surface area (Å²) in [4.78, 5) is 14.7. The first-order valence-electron chi connectivity index (χ1n) is 9.46. The SMILES string of the molecule is CCN(CC)S(=O)(=O)c1ccc(CCC(=O)N2CCCC(NC)C2)cc1.Cl. The van der Waals surface area contributed by atoms with E-state index in [0.717, 1.165) is 31.5 Å². The number of halogens is 1. The molecule has 1 aromatic carbocycles. The van der Waals surface area contributed by atoms with Gasteiger partial charge in [0.1, 0.15) is 0 Å². The average Bonchev–Trinajstić information content (AvgIpc) is 2.67. The Morgan fingerprint density at radius 2 is 1.85 bits per heavy atom. The van der Waals surface area contributed by atoms with E-state index in [1.54, 1.807) is 12.1 Å². The zero-order chi connectivity index (χ0) is 19.2. The van der Waals surface area contributed by atoms with E-state index in [1.165, 1.54) is 4.31 Å². The van der Waals surface area contributed by atoms with Gasteiger partial charge in [0, 0.05) is 38.6 Å². The molecule has 27 heavy (non-hydrogen) atoms. The molecule has 1 heterocycles. The third-order valence-electron chi connectivity index (χ3n) is 5.08. The molecular weight excluding hydrogens is 386 g/mol. The van der Waals surface area contributed by atoms with E-state index in [4.69, 9.17) is 0 Å². The van der Waals surface area contributed by atoms with Gasteiger partial charge in [-0.1, -0.05) is 26.0 Å². The Labute approximate surface area is 169 Å². The normalized spacial score (nSPS) is 17.6. The lowest BCUT2D eigenvalue weighted by atomic mass is 10.0. The van der Waals surface area contributed by atoms with Crippen LogP contribution in [0.3, 0.4) is 0 Å². The number of aryl methyl sites for hydroxylation is 1. The summed E-state index contributed by atoms with van der Waals surface area (Å²) >= 11 is 0. The molecule has 8 heteroatoms. The molecule has 1 unspecified atom stereocenters. The van der Waals surface area contributed by atoms with E-state index < -0.39 is 10.0 Å². The number of hydrogen-bond acceptors (Lipinski definition) is 4. The monoisotopic (exact) mass is 417 g/mol. The molecule has 1 aliphatic heterocycles. The number of carbonyl (C=O) groups excluding carboxylic acids is 1. The summed E-state index contributed by atoms with van der Waals surface area (Å²) in [7, 11) is -1.49. The zero-order valence-electron chi connectivity index (χ0n) is 16.5. The molecule has 0 saturated carbocycles. The summed E-state index contributed by atoms with van der Waals surface area (Å²) < 4.78 is 26.4. The van der Waals surface area contributed by atoms with Crippen molar-refractivity contribution in [3.05, 3.63) is 29.8 Å². The maximum atomic E-state index is 12.5. The zero-order valence-corrected chi connectivity index (χ0v) is 18.1. The molecule has 1 fully saturated rings. The Balaban J connectivity index is 0.00000364. The third kappa shape index (κ3) is 6.17. The molecular formula is C19H32ClN3O3S. The first-order valence-corrected chi connectivity index (χ1v) is 10.9. The lowest BCUT2D eigenvalue weighted by Crippen LogP contribution is -2.47. The summed E-state index contributed by atoms with van der Waals surface area (Å²) in [5.74, 6) is 0.171. The van der Waals surface area contributed by atoms with Crippen molar-refractivity contribution < 1.29 is 13.2 Å². The van der Waals surface area contributed by atoms with Gasteiger partial charge in [-0.05, 0) is 44.0 Å². The predicted molar refractivity (Wildman–Crippen MR) is 111 cm³/mol. The molecule has 1 aliphatic rings. The summed E-state index contributed by atoms with van der Waals surface area (Å²) in [6.07, 6.45) is 3.24. The number of benzene rings is 1. The van der Waals surface area contributed by atoms with Crippen molar-refractivity contribution >= 4 is 28.3 Å². The Morgan fingerprint density at radius 3 is 2.41 bits per heavy atom. The smallest absolute Gasteiger partial charge is 0.243 e. The standard InChI is InChI=1S/C19H31N3O3S.ClH/c1-4-22(5-2)26(24,25)18-11-8-16(9-12-18)10-13-19(23)21-14-6-7-17(15-21)20-3;/h8-9,11-12,17,20H,4-7,10,13-15H2,1-3H3;1H. The molecule has 1 amide bonds. The maximum Gasteiger partial charge on any atom is 0.243 e. The number of rotatable bonds is 8. The first kappa shape index (κ1) is 23.9. The summed E-state index contributed by atoms with van der Waals surface area (Å²) in [6, 6.07) is 7.31. The van der Waals surface area contributed by atoms with E-state index in [-0.39, 0.29) is 18.3 Å². The highest BCUT2D eigenvalue weighted by atomic mass is 35.5. The van der Waals surface area contributed by atoms with Crippen molar-refractivity contribution in [2.45, 2.75) is 50.5 Å². The second-order valence-electron chi connectivity index (χ2n) is 6.70.